The molecule has 0 aromatic rings. The van der Waals surface area contributed by atoms with Crippen LogP contribution in [0.5, 0.6) is 0 Å². The van der Waals surface area contributed by atoms with E-state index >= 15 is 0 Å². The highest BCUT2D eigenvalue weighted by Gasteiger charge is 2.30. The molecule has 18 heteroatoms. The second-order valence-electron chi connectivity index (χ2n) is 12.6. The molecular formula is C30H55N9O9. The quantitative estimate of drug-likeness (QED) is 0.0486. The third-order valence-electron chi connectivity index (χ3n) is 6.89. The standard InChI is InChI=1S/C30H55N9O9/c1-15(2)11-20(37-25(42)17(5)32)29(46)38-21(13-23(33)40)27(44)34-14-24(41)36-19(9-7-8-10-31)28(45)35-18(6)26(43)39-22(30(47)48)12-16(3)4/h15-22H,7-14,31-32H2,1-6H3,(H2,33,40)(H,34,44)(H,35,45)(H,36,41)(H,37,42)(H,38,46)(H,39,43)(H,47,48)/t17-,18-,19-,20-,21-,22-/m0/s1. The lowest BCUT2D eigenvalue weighted by Gasteiger charge is -2.24. The average Bonchev–Trinajstić information content (AvgIpc) is 2.97. The van der Waals surface area contributed by atoms with Gasteiger partial charge in [0.25, 0.3) is 0 Å². The molecule has 18 nitrogen and oxygen atoms in total. The predicted molar refractivity (Wildman–Crippen MR) is 175 cm³/mol. The second kappa shape index (κ2) is 22.3. The summed E-state index contributed by atoms with van der Waals surface area (Å²) in [5, 5.41) is 23.9. The topological polar surface area (TPSA) is 307 Å². The van der Waals surface area contributed by atoms with Gasteiger partial charge in [0, 0.05) is 0 Å². The number of carboxylic acids is 1. The number of nitrogens with two attached hydrogens (primary N) is 3. The first-order valence-electron chi connectivity index (χ1n) is 16.0. The van der Waals surface area contributed by atoms with Crippen molar-refractivity contribution in [2.75, 3.05) is 13.1 Å². The Balaban J connectivity index is 5.55. The van der Waals surface area contributed by atoms with Gasteiger partial charge in [-0.2, -0.15) is 0 Å². The molecule has 6 atom stereocenters. The third-order valence-corrected chi connectivity index (χ3v) is 6.89. The van der Waals surface area contributed by atoms with E-state index in [1.807, 2.05) is 13.8 Å². The minimum Gasteiger partial charge on any atom is -0.480 e. The van der Waals surface area contributed by atoms with Gasteiger partial charge in [0.2, 0.25) is 41.4 Å². The van der Waals surface area contributed by atoms with Gasteiger partial charge < -0.3 is 54.2 Å². The Morgan fingerprint density at radius 1 is 0.625 bits per heavy atom. The number of primary amides is 1. The van der Waals surface area contributed by atoms with Crippen molar-refractivity contribution in [2.45, 2.75) is 116 Å². The lowest BCUT2D eigenvalue weighted by Crippen LogP contribution is -2.57. The fourth-order valence-corrected chi connectivity index (χ4v) is 4.36. The minimum absolute atomic E-state index is 0.0176. The van der Waals surface area contributed by atoms with Crippen LogP contribution >= 0.6 is 0 Å². The van der Waals surface area contributed by atoms with Gasteiger partial charge in [-0.05, 0) is 64.3 Å². The predicted octanol–water partition coefficient (Wildman–Crippen LogP) is -2.93. The van der Waals surface area contributed by atoms with E-state index < -0.39 is 96.5 Å². The molecule has 274 valence electrons. The van der Waals surface area contributed by atoms with Crippen molar-refractivity contribution in [3.8, 4) is 0 Å². The van der Waals surface area contributed by atoms with E-state index in [1.165, 1.54) is 13.8 Å². The molecule has 0 aliphatic rings. The number of amides is 7. The van der Waals surface area contributed by atoms with Crippen LogP contribution in [0, 0.1) is 11.8 Å². The molecule has 0 aliphatic carbocycles. The average molecular weight is 686 g/mol. The van der Waals surface area contributed by atoms with Crippen molar-refractivity contribution in [3.63, 3.8) is 0 Å². The maximum absolute atomic E-state index is 13.1. The maximum atomic E-state index is 13.1. The summed E-state index contributed by atoms with van der Waals surface area (Å²) in [6, 6.07) is -6.91. The molecule has 0 fully saturated rings. The van der Waals surface area contributed by atoms with E-state index in [0.29, 0.717) is 19.4 Å². The number of rotatable bonds is 23. The number of nitrogens with one attached hydrogen (secondary N) is 6. The normalized spacial score (nSPS) is 14.8. The highest BCUT2D eigenvalue weighted by molar-refractivity contribution is 5.97. The summed E-state index contributed by atoms with van der Waals surface area (Å²) in [7, 11) is 0. The van der Waals surface area contributed by atoms with E-state index in [2.05, 4.69) is 31.9 Å². The summed E-state index contributed by atoms with van der Waals surface area (Å²) in [5.41, 5.74) is 16.4. The monoisotopic (exact) mass is 685 g/mol. The van der Waals surface area contributed by atoms with Gasteiger partial charge in [0.15, 0.2) is 0 Å². The Hall–Kier alpha value is -4.32. The van der Waals surface area contributed by atoms with Gasteiger partial charge in [0.05, 0.1) is 19.0 Å². The number of hydrogen-bond donors (Lipinski definition) is 10. The highest BCUT2D eigenvalue weighted by Crippen LogP contribution is 2.08. The molecular weight excluding hydrogens is 630 g/mol. The summed E-state index contributed by atoms with van der Waals surface area (Å²) in [4.78, 5) is 99.8. The zero-order chi connectivity index (χ0) is 37.1. The molecule has 0 bridgehead atoms. The van der Waals surface area contributed by atoms with Crippen LogP contribution in [0.4, 0.5) is 0 Å². The van der Waals surface area contributed by atoms with Crippen molar-refractivity contribution >= 4 is 47.3 Å². The zero-order valence-electron chi connectivity index (χ0n) is 28.7. The Kier molecular flexibility index (Phi) is 20.3. The maximum Gasteiger partial charge on any atom is 0.326 e. The lowest BCUT2D eigenvalue weighted by atomic mass is 10.0. The summed E-state index contributed by atoms with van der Waals surface area (Å²) in [6.07, 6.45) is 0.854. The molecule has 0 spiro atoms. The highest BCUT2D eigenvalue weighted by atomic mass is 16.4. The summed E-state index contributed by atoms with van der Waals surface area (Å²) in [6.45, 7) is 9.68. The molecule has 0 aromatic heterocycles. The first-order chi connectivity index (χ1) is 22.3. The molecule has 0 aromatic carbocycles. The molecule has 7 amide bonds. The molecule has 0 unspecified atom stereocenters. The van der Waals surface area contributed by atoms with Gasteiger partial charge in [-0.1, -0.05) is 27.7 Å². The van der Waals surface area contributed by atoms with Crippen LogP contribution < -0.4 is 49.1 Å². The van der Waals surface area contributed by atoms with Gasteiger partial charge in [-0.25, -0.2) is 4.79 Å². The van der Waals surface area contributed by atoms with Crippen molar-refractivity contribution in [3.05, 3.63) is 0 Å². The first kappa shape index (κ1) is 43.7. The summed E-state index contributed by atoms with van der Waals surface area (Å²) in [5.74, 6) is -6.75. The van der Waals surface area contributed by atoms with Crippen molar-refractivity contribution in [1.82, 2.24) is 31.9 Å². The fraction of sp³-hybridized carbons (Fsp3) is 0.733. The smallest absolute Gasteiger partial charge is 0.326 e. The van der Waals surface area contributed by atoms with Crippen molar-refractivity contribution in [2.24, 2.45) is 29.0 Å². The number of aliphatic carboxylic acids is 1. The van der Waals surface area contributed by atoms with E-state index in [-0.39, 0.29) is 31.1 Å². The largest absolute Gasteiger partial charge is 0.480 e. The van der Waals surface area contributed by atoms with Crippen LogP contribution in [0.25, 0.3) is 0 Å². The first-order valence-corrected chi connectivity index (χ1v) is 16.0. The van der Waals surface area contributed by atoms with Gasteiger partial charge in [-0.3, -0.25) is 33.6 Å². The Bertz CT molecular complexity index is 1130. The van der Waals surface area contributed by atoms with Crippen LogP contribution in [-0.4, -0.2) is 102 Å². The number of hydrogen-bond acceptors (Lipinski definition) is 10. The molecule has 48 heavy (non-hydrogen) atoms. The molecule has 0 saturated heterocycles. The molecule has 13 N–H and O–H groups in total. The Morgan fingerprint density at radius 3 is 1.65 bits per heavy atom. The SMILES string of the molecule is CC(C)C[C@H](NC(=O)[C@H](C)NC(=O)[C@H](CCCCN)NC(=O)CNC(=O)[C@H](CC(N)=O)NC(=O)[C@H](CC(C)C)NC(=O)[C@H](C)N)C(=O)O. The van der Waals surface area contributed by atoms with Gasteiger partial charge >= 0.3 is 5.97 Å². The third kappa shape index (κ3) is 18.1. The summed E-state index contributed by atoms with van der Waals surface area (Å²) < 4.78 is 0. The number of unbranched alkanes of at least 4 members (excludes halogenated alkanes) is 1. The zero-order valence-corrected chi connectivity index (χ0v) is 28.7. The van der Waals surface area contributed by atoms with E-state index in [4.69, 9.17) is 17.2 Å². The van der Waals surface area contributed by atoms with Crippen LogP contribution in [0.1, 0.15) is 80.1 Å². The Morgan fingerprint density at radius 2 is 1.15 bits per heavy atom. The lowest BCUT2D eigenvalue weighted by molar-refractivity contribution is -0.142. The molecule has 0 radical (unpaired) electrons. The molecule has 0 aliphatic heterocycles. The minimum atomic E-state index is -1.49. The molecule has 0 rings (SSSR count). The molecule has 0 heterocycles. The molecule has 0 saturated carbocycles. The van der Waals surface area contributed by atoms with E-state index in [9.17, 15) is 43.5 Å². The van der Waals surface area contributed by atoms with Crippen LogP contribution in [-0.2, 0) is 38.4 Å². The van der Waals surface area contributed by atoms with Crippen molar-refractivity contribution < 1.29 is 43.5 Å². The van der Waals surface area contributed by atoms with E-state index in [0.717, 1.165) is 0 Å². The Labute approximate surface area is 281 Å². The second-order valence-corrected chi connectivity index (χ2v) is 12.6. The number of carbonyl (C=O) groups excluding carboxylic acids is 7. The van der Waals surface area contributed by atoms with Gasteiger partial charge in [-0.15, -0.1) is 0 Å². The fourth-order valence-electron chi connectivity index (χ4n) is 4.36. The van der Waals surface area contributed by atoms with Crippen LogP contribution in [0.15, 0.2) is 0 Å². The van der Waals surface area contributed by atoms with Crippen LogP contribution in [0.3, 0.4) is 0 Å². The van der Waals surface area contributed by atoms with E-state index in [1.54, 1.807) is 13.8 Å². The van der Waals surface area contributed by atoms with Crippen molar-refractivity contribution in [1.29, 1.82) is 0 Å². The van der Waals surface area contributed by atoms with Gasteiger partial charge in [0.1, 0.15) is 30.2 Å². The summed E-state index contributed by atoms with van der Waals surface area (Å²) >= 11 is 0. The van der Waals surface area contributed by atoms with Crippen LogP contribution in [0.2, 0.25) is 0 Å². The number of carbonyl (C=O) groups is 8. The number of carboxylic acid groups (broad SMARTS) is 1.